The number of carboxylic acids is 1. The van der Waals surface area contributed by atoms with E-state index in [1.165, 1.54) is 25.3 Å². The molecule has 0 spiro atoms. The summed E-state index contributed by atoms with van der Waals surface area (Å²) in [6, 6.07) is 4.24. The smallest absolute Gasteiger partial charge is 0.335 e. The van der Waals surface area contributed by atoms with Gasteiger partial charge in [0.1, 0.15) is 0 Å². The second kappa shape index (κ2) is 6.53. The van der Waals surface area contributed by atoms with Gasteiger partial charge in [0.15, 0.2) is 0 Å². The van der Waals surface area contributed by atoms with Gasteiger partial charge in [0.25, 0.3) is 0 Å². The normalized spacial score (nSPS) is 11.3. The van der Waals surface area contributed by atoms with Gasteiger partial charge in [-0.2, -0.15) is 0 Å². The van der Waals surface area contributed by atoms with Crippen molar-refractivity contribution in [2.75, 3.05) is 24.2 Å². The first-order chi connectivity index (χ1) is 8.85. The SMILES string of the molecule is COCCCS(=O)(=O)Nc1ccc(C(=O)O)cc1C. The Morgan fingerprint density at radius 3 is 2.63 bits per heavy atom. The Morgan fingerprint density at radius 1 is 1.42 bits per heavy atom. The van der Waals surface area contributed by atoms with E-state index in [1.807, 2.05) is 0 Å². The van der Waals surface area contributed by atoms with Gasteiger partial charge < -0.3 is 9.84 Å². The fourth-order valence-corrected chi connectivity index (χ4v) is 2.69. The van der Waals surface area contributed by atoms with Crippen molar-refractivity contribution in [3.63, 3.8) is 0 Å². The van der Waals surface area contributed by atoms with Crippen molar-refractivity contribution in [1.29, 1.82) is 0 Å². The van der Waals surface area contributed by atoms with Crippen molar-refractivity contribution < 1.29 is 23.1 Å². The van der Waals surface area contributed by atoms with E-state index >= 15 is 0 Å². The van der Waals surface area contributed by atoms with Crippen LogP contribution in [-0.4, -0.2) is 39.0 Å². The van der Waals surface area contributed by atoms with Crippen molar-refractivity contribution in [1.82, 2.24) is 0 Å². The summed E-state index contributed by atoms with van der Waals surface area (Å²) in [5.41, 5.74) is 1.08. The van der Waals surface area contributed by atoms with Gasteiger partial charge in [0.2, 0.25) is 10.0 Å². The van der Waals surface area contributed by atoms with Crippen molar-refractivity contribution in [2.24, 2.45) is 0 Å². The van der Waals surface area contributed by atoms with Gasteiger partial charge >= 0.3 is 5.97 Å². The first-order valence-electron chi connectivity index (χ1n) is 5.69. The van der Waals surface area contributed by atoms with E-state index < -0.39 is 16.0 Å². The number of carbonyl (C=O) groups is 1. The summed E-state index contributed by atoms with van der Waals surface area (Å²) in [7, 11) is -1.93. The lowest BCUT2D eigenvalue weighted by Gasteiger charge is -2.10. The standard InChI is InChI=1S/C12H17NO5S/c1-9-8-10(12(14)15)4-5-11(9)13-19(16,17)7-3-6-18-2/h4-5,8,13H,3,6-7H2,1-2H3,(H,14,15). The maximum Gasteiger partial charge on any atom is 0.335 e. The predicted molar refractivity (Wildman–Crippen MR) is 72.0 cm³/mol. The molecular weight excluding hydrogens is 270 g/mol. The van der Waals surface area contributed by atoms with Crippen LogP contribution < -0.4 is 4.72 Å². The number of sulfonamides is 1. The summed E-state index contributed by atoms with van der Waals surface area (Å²) in [5.74, 6) is -1.08. The number of hydrogen-bond donors (Lipinski definition) is 2. The van der Waals surface area contributed by atoms with Crippen LogP contribution in [0.1, 0.15) is 22.3 Å². The lowest BCUT2D eigenvalue weighted by Crippen LogP contribution is -2.18. The maximum absolute atomic E-state index is 11.8. The Labute approximate surface area is 112 Å². The van der Waals surface area contributed by atoms with Crippen molar-refractivity contribution in [2.45, 2.75) is 13.3 Å². The molecule has 0 amide bonds. The van der Waals surface area contributed by atoms with E-state index in [0.29, 0.717) is 24.3 Å². The van der Waals surface area contributed by atoms with Crippen LogP contribution in [0.2, 0.25) is 0 Å². The van der Waals surface area contributed by atoms with Crippen LogP contribution in [0.5, 0.6) is 0 Å². The summed E-state index contributed by atoms with van der Waals surface area (Å²) in [6.45, 7) is 2.03. The number of aryl methyl sites for hydroxylation is 1. The number of ether oxygens (including phenoxy) is 1. The molecular formula is C12H17NO5S. The van der Waals surface area contributed by atoms with Crippen LogP contribution in [-0.2, 0) is 14.8 Å². The number of rotatable bonds is 7. The van der Waals surface area contributed by atoms with Gasteiger partial charge in [-0.3, -0.25) is 4.72 Å². The minimum absolute atomic E-state index is 0.0407. The van der Waals surface area contributed by atoms with E-state index in [2.05, 4.69) is 4.72 Å². The van der Waals surface area contributed by atoms with E-state index in [-0.39, 0.29) is 11.3 Å². The third-order valence-electron chi connectivity index (χ3n) is 2.50. The zero-order chi connectivity index (χ0) is 14.5. The third kappa shape index (κ3) is 4.88. The summed E-state index contributed by atoms with van der Waals surface area (Å²) < 4.78 is 30.8. The van der Waals surface area contributed by atoms with Crippen molar-refractivity contribution in [3.8, 4) is 0 Å². The average molecular weight is 287 g/mol. The summed E-state index contributed by atoms with van der Waals surface area (Å²) >= 11 is 0. The van der Waals surface area contributed by atoms with E-state index in [1.54, 1.807) is 6.92 Å². The highest BCUT2D eigenvalue weighted by molar-refractivity contribution is 7.92. The molecule has 0 saturated heterocycles. The monoisotopic (exact) mass is 287 g/mol. The van der Waals surface area contributed by atoms with Crippen LogP contribution in [0.4, 0.5) is 5.69 Å². The quantitative estimate of drug-likeness (QED) is 0.741. The highest BCUT2D eigenvalue weighted by atomic mass is 32.2. The first-order valence-corrected chi connectivity index (χ1v) is 7.34. The molecule has 1 aromatic carbocycles. The fourth-order valence-electron chi connectivity index (χ4n) is 1.52. The molecule has 0 aliphatic heterocycles. The second-order valence-corrected chi connectivity index (χ2v) is 5.94. The number of methoxy groups -OCH3 is 1. The molecule has 1 aromatic rings. The minimum atomic E-state index is -3.44. The van der Waals surface area contributed by atoms with Crippen LogP contribution in [0.25, 0.3) is 0 Å². The maximum atomic E-state index is 11.8. The van der Waals surface area contributed by atoms with E-state index in [0.717, 1.165) is 0 Å². The van der Waals surface area contributed by atoms with E-state index in [9.17, 15) is 13.2 Å². The number of nitrogens with one attached hydrogen (secondary N) is 1. The molecule has 0 aromatic heterocycles. The molecule has 6 nitrogen and oxygen atoms in total. The van der Waals surface area contributed by atoms with Gasteiger partial charge in [0.05, 0.1) is 17.0 Å². The Morgan fingerprint density at radius 2 is 2.11 bits per heavy atom. The highest BCUT2D eigenvalue weighted by Crippen LogP contribution is 2.18. The van der Waals surface area contributed by atoms with Gasteiger partial charge in [-0.1, -0.05) is 0 Å². The lowest BCUT2D eigenvalue weighted by molar-refractivity contribution is 0.0697. The molecule has 0 saturated carbocycles. The Balaban J connectivity index is 2.79. The van der Waals surface area contributed by atoms with Gasteiger partial charge in [0, 0.05) is 13.7 Å². The van der Waals surface area contributed by atoms with Crippen LogP contribution in [0.15, 0.2) is 18.2 Å². The molecule has 0 aliphatic carbocycles. The van der Waals surface area contributed by atoms with E-state index in [4.69, 9.17) is 9.84 Å². The number of aromatic carboxylic acids is 1. The lowest BCUT2D eigenvalue weighted by atomic mass is 10.1. The number of carboxylic acid groups (broad SMARTS) is 1. The second-order valence-electron chi connectivity index (χ2n) is 4.10. The molecule has 2 N–H and O–H groups in total. The Bertz CT molecular complexity index is 553. The summed E-state index contributed by atoms with van der Waals surface area (Å²) in [4.78, 5) is 10.8. The molecule has 0 unspecified atom stereocenters. The fraction of sp³-hybridized carbons (Fsp3) is 0.417. The molecule has 0 heterocycles. The highest BCUT2D eigenvalue weighted by Gasteiger charge is 2.12. The Kier molecular flexibility index (Phi) is 5.31. The molecule has 7 heteroatoms. The molecule has 0 radical (unpaired) electrons. The summed E-state index contributed by atoms with van der Waals surface area (Å²) in [5, 5.41) is 8.82. The number of hydrogen-bond acceptors (Lipinski definition) is 4. The molecule has 19 heavy (non-hydrogen) atoms. The zero-order valence-corrected chi connectivity index (χ0v) is 11.7. The third-order valence-corrected chi connectivity index (χ3v) is 3.86. The van der Waals surface area contributed by atoms with Crippen LogP contribution in [0.3, 0.4) is 0 Å². The summed E-state index contributed by atoms with van der Waals surface area (Å²) in [6.07, 6.45) is 0.401. The average Bonchev–Trinajstić information content (AvgIpc) is 2.31. The topological polar surface area (TPSA) is 92.7 Å². The molecule has 0 bridgehead atoms. The molecule has 1 rings (SSSR count). The van der Waals surface area contributed by atoms with Crippen molar-refractivity contribution >= 4 is 21.7 Å². The molecule has 0 atom stereocenters. The largest absolute Gasteiger partial charge is 0.478 e. The molecule has 106 valence electrons. The molecule has 0 aliphatic rings. The first kappa shape index (κ1) is 15.5. The van der Waals surface area contributed by atoms with Crippen LogP contribution in [0, 0.1) is 6.92 Å². The Hall–Kier alpha value is -1.60. The van der Waals surface area contributed by atoms with Gasteiger partial charge in [-0.05, 0) is 37.1 Å². The predicted octanol–water partition coefficient (Wildman–Crippen LogP) is 1.47. The number of anilines is 1. The van der Waals surface area contributed by atoms with Crippen LogP contribution >= 0.6 is 0 Å². The van der Waals surface area contributed by atoms with Crippen molar-refractivity contribution in [3.05, 3.63) is 29.3 Å². The molecule has 0 fully saturated rings. The minimum Gasteiger partial charge on any atom is -0.478 e. The number of benzene rings is 1. The zero-order valence-electron chi connectivity index (χ0n) is 10.8. The van der Waals surface area contributed by atoms with Gasteiger partial charge in [-0.15, -0.1) is 0 Å². The van der Waals surface area contributed by atoms with Gasteiger partial charge in [-0.25, -0.2) is 13.2 Å².